The number of quaternary nitrogens is 1. The van der Waals surface area contributed by atoms with Crippen LogP contribution in [0.15, 0.2) is 24.3 Å². The zero-order valence-electron chi connectivity index (χ0n) is 15.8. The third kappa shape index (κ3) is 5.42. The Morgan fingerprint density at radius 1 is 1.27 bits per heavy atom. The van der Waals surface area contributed by atoms with Gasteiger partial charge in [0.05, 0.1) is 33.3 Å². The second-order valence-electron chi connectivity index (χ2n) is 6.84. The fraction of sp³-hybridized carbons (Fsp3) is 0.579. The van der Waals surface area contributed by atoms with Gasteiger partial charge in [-0.15, -0.1) is 0 Å². The van der Waals surface area contributed by atoms with Crippen molar-refractivity contribution in [2.24, 2.45) is 5.92 Å². The molecule has 1 amide bonds. The summed E-state index contributed by atoms with van der Waals surface area (Å²) in [7, 11) is 1.34. The van der Waals surface area contributed by atoms with Gasteiger partial charge >= 0.3 is 5.97 Å². The molecule has 2 N–H and O–H groups in total. The van der Waals surface area contributed by atoms with Crippen LogP contribution in [0.2, 0.25) is 0 Å². The van der Waals surface area contributed by atoms with E-state index in [2.05, 4.69) is 10.2 Å². The average molecular weight is 366 g/mol. The summed E-state index contributed by atoms with van der Waals surface area (Å²) in [4.78, 5) is 27.6. The quantitative estimate of drug-likeness (QED) is 0.679. The first-order valence-corrected chi connectivity index (χ1v) is 9.15. The highest BCUT2D eigenvalue weighted by molar-refractivity contribution is 5.85. The normalized spacial score (nSPS) is 17.5. The lowest BCUT2D eigenvalue weighted by Gasteiger charge is -2.33. The van der Waals surface area contributed by atoms with Crippen molar-refractivity contribution in [2.45, 2.75) is 26.3 Å². The van der Waals surface area contributed by atoms with E-state index in [1.54, 1.807) is 12.1 Å². The summed E-state index contributed by atoms with van der Waals surface area (Å²) in [6.07, 6.45) is 0.781. The van der Waals surface area contributed by atoms with Gasteiger partial charge in [-0.2, -0.15) is 0 Å². The van der Waals surface area contributed by atoms with Crippen LogP contribution in [0.5, 0.6) is 0 Å². The van der Waals surface area contributed by atoms with E-state index in [0.29, 0.717) is 6.54 Å². The fourth-order valence-corrected chi connectivity index (χ4v) is 3.16. The summed E-state index contributed by atoms with van der Waals surface area (Å²) in [5.74, 6) is -0.748. The van der Waals surface area contributed by atoms with Crippen molar-refractivity contribution < 1.29 is 23.6 Å². The Balaban J connectivity index is 1.83. The van der Waals surface area contributed by atoms with Gasteiger partial charge in [0.2, 0.25) is 0 Å². The van der Waals surface area contributed by atoms with E-state index >= 15 is 0 Å². The van der Waals surface area contributed by atoms with Gasteiger partial charge in [0, 0.05) is 5.69 Å². The van der Waals surface area contributed by atoms with Crippen molar-refractivity contribution in [3.63, 3.8) is 0 Å². The third-order valence-corrected chi connectivity index (χ3v) is 5.06. The number of methoxy groups -OCH3 is 1. The lowest BCUT2D eigenvalue weighted by molar-refractivity contribution is -0.892. The number of carbonyl (C=O) groups is 2. The summed E-state index contributed by atoms with van der Waals surface area (Å²) in [5, 5.41) is 2.83. The van der Waals surface area contributed by atoms with Crippen molar-refractivity contribution in [2.75, 3.05) is 44.7 Å². The number of esters is 1. The Labute approximate surface area is 154 Å². The van der Waals surface area contributed by atoms with Crippen LogP contribution in [-0.4, -0.2) is 57.8 Å². The van der Waals surface area contributed by atoms with Gasteiger partial charge in [-0.1, -0.05) is 20.3 Å². The molecular weight excluding hydrogens is 337 g/mol. The molecule has 0 aliphatic carbocycles. The largest absolute Gasteiger partial charge is 0.467 e. The lowest BCUT2D eigenvalue weighted by atomic mass is 9.99. The van der Waals surface area contributed by atoms with Gasteiger partial charge < -0.3 is 19.9 Å². The number of hydrogen-bond acceptors (Lipinski definition) is 4. The molecule has 0 aromatic heterocycles. The maximum atomic E-state index is 13.0. The predicted octanol–water partition coefficient (Wildman–Crippen LogP) is 0.235. The van der Waals surface area contributed by atoms with Crippen LogP contribution < -0.4 is 15.1 Å². The van der Waals surface area contributed by atoms with Crippen LogP contribution in [0.1, 0.15) is 20.3 Å². The minimum Gasteiger partial charge on any atom is -0.467 e. The number of amides is 1. The van der Waals surface area contributed by atoms with Crippen LogP contribution in [0.25, 0.3) is 0 Å². The highest BCUT2D eigenvalue weighted by Gasteiger charge is 2.29. The van der Waals surface area contributed by atoms with E-state index in [9.17, 15) is 14.0 Å². The SMILES string of the molecule is CC[C@H](C)[C@H](NC(=O)C[NH+]1CCN(c2ccc(F)cc2)CC1)C(=O)OC. The molecule has 0 unspecified atom stereocenters. The monoisotopic (exact) mass is 366 g/mol. The molecule has 1 aliphatic rings. The van der Waals surface area contributed by atoms with Gasteiger partial charge in [-0.3, -0.25) is 4.79 Å². The second kappa shape index (κ2) is 9.52. The molecule has 144 valence electrons. The Morgan fingerprint density at radius 2 is 1.88 bits per heavy atom. The Kier molecular flexibility index (Phi) is 7.38. The lowest BCUT2D eigenvalue weighted by Crippen LogP contribution is -3.16. The van der Waals surface area contributed by atoms with Crippen molar-refractivity contribution in [1.82, 2.24) is 5.32 Å². The van der Waals surface area contributed by atoms with E-state index < -0.39 is 12.0 Å². The van der Waals surface area contributed by atoms with E-state index in [1.807, 2.05) is 13.8 Å². The minimum atomic E-state index is -0.600. The molecule has 1 fully saturated rings. The molecule has 6 nitrogen and oxygen atoms in total. The Morgan fingerprint density at radius 3 is 2.42 bits per heavy atom. The highest BCUT2D eigenvalue weighted by Crippen LogP contribution is 2.14. The Bertz CT molecular complexity index is 601. The van der Waals surface area contributed by atoms with Crippen LogP contribution in [0, 0.1) is 11.7 Å². The smallest absolute Gasteiger partial charge is 0.328 e. The molecule has 1 aromatic carbocycles. The minimum absolute atomic E-state index is 0.0247. The molecule has 26 heavy (non-hydrogen) atoms. The summed E-state index contributed by atoms with van der Waals surface area (Å²) in [5.41, 5.74) is 0.998. The van der Waals surface area contributed by atoms with Crippen molar-refractivity contribution in [1.29, 1.82) is 0 Å². The zero-order valence-corrected chi connectivity index (χ0v) is 15.8. The number of hydrogen-bond donors (Lipinski definition) is 2. The molecule has 2 rings (SSSR count). The number of ether oxygens (including phenoxy) is 1. The molecular formula is C19H29FN3O3+. The first-order chi connectivity index (χ1) is 12.4. The first kappa shape index (κ1) is 20.2. The molecule has 0 saturated carbocycles. The number of nitrogens with zero attached hydrogens (tertiary/aromatic N) is 1. The maximum Gasteiger partial charge on any atom is 0.328 e. The molecule has 7 heteroatoms. The molecule has 1 aromatic rings. The van der Waals surface area contributed by atoms with Gasteiger partial charge in [-0.25, -0.2) is 9.18 Å². The summed E-state index contributed by atoms with van der Waals surface area (Å²) < 4.78 is 17.8. The van der Waals surface area contributed by atoms with E-state index in [4.69, 9.17) is 4.74 Å². The highest BCUT2D eigenvalue weighted by atomic mass is 19.1. The number of carbonyl (C=O) groups excluding carboxylic acids is 2. The number of benzene rings is 1. The number of halogens is 1. The van der Waals surface area contributed by atoms with E-state index in [1.165, 1.54) is 24.1 Å². The van der Waals surface area contributed by atoms with Gasteiger partial charge in [0.25, 0.3) is 5.91 Å². The molecule has 2 atom stereocenters. The van der Waals surface area contributed by atoms with Crippen molar-refractivity contribution in [3.8, 4) is 0 Å². The molecule has 1 heterocycles. The molecule has 0 spiro atoms. The number of anilines is 1. The summed E-state index contributed by atoms with van der Waals surface area (Å²) in [6.45, 7) is 7.48. The summed E-state index contributed by atoms with van der Waals surface area (Å²) in [6, 6.07) is 5.88. The third-order valence-electron chi connectivity index (χ3n) is 5.06. The maximum absolute atomic E-state index is 13.0. The van der Waals surface area contributed by atoms with Crippen LogP contribution >= 0.6 is 0 Å². The van der Waals surface area contributed by atoms with Crippen LogP contribution in [0.3, 0.4) is 0 Å². The summed E-state index contributed by atoms with van der Waals surface area (Å²) >= 11 is 0. The van der Waals surface area contributed by atoms with Gasteiger partial charge in [0.15, 0.2) is 6.54 Å². The zero-order chi connectivity index (χ0) is 19.1. The topological polar surface area (TPSA) is 63.1 Å². The van der Waals surface area contributed by atoms with Gasteiger partial charge in [-0.05, 0) is 30.2 Å². The average Bonchev–Trinajstić information content (AvgIpc) is 2.66. The van der Waals surface area contributed by atoms with Crippen LogP contribution in [0.4, 0.5) is 10.1 Å². The predicted molar refractivity (Wildman–Crippen MR) is 97.6 cm³/mol. The number of nitrogens with one attached hydrogen (secondary N) is 2. The van der Waals surface area contributed by atoms with Crippen molar-refractivity contribution in [3.05, 3.63) is 30.1 Å². The second-order valence-corrected chi connectivity index (χ2v) is 6.84. The Hall–Kier alpha value is -2.15. The fourth-order valence-electron chi connectivity index (χ4n) is 3.16. The van der Waals surface area contributed by atoms with E-state index in [-0.39, 0.29) is 17.6 Å². The number of rotatable bonds is 7. The first-order valence-electron chi connectivity index (χ1n) is 9.15. The van der Waals surface area contributed by atoms with E-state index in [0.717, 1.165) is 38.3 Å². The molecule has 0 radical (unpaired) electrons. The standard InChI is InChI=1S/C19H28FN3O3/c1-4-14(2)18(19(25)26-3)21-17(24)13-22-9-11-23(12-10-22)16-7-5-15(20)6-8-16/h5-8,14,18H,4,9-13H2,1-3H3,(H,21,24)/p+1/t14-,18-/m0/s1. The molecule has 0 bridgehead atoms. The number of piperazine rings is 1. The van der Waals surface area contributed by atoms with Gasteiger partial charge in [0.1, 0.15) is 11.9 Å². The van der Waals surface area contributed by atoms with Crippen molar-refractivity contribution >= 4 is 17.6 Å². The molecule has 1 aliphatic heterocycles. The molecule has 1 saturated heterocycles. The van der Waals surface area contributed by atoms with Crippen LogP contribution in [-0.2, 0) is 14.3 Å².